The fourth-order valence-electron chi connectivity index (χ4n) is 3.77. The molecule has 0 bridgehead atoms. The fourth-order valence-corrected chi connectivity index (χ4v) is 5.06. The first-order valence-electron chi connectivity index (χ1n) is 9.85. The van der Waals surface area contributed by atoms with Gasteiger partial charge in [0.15, 0.2) is 5.78 Å². The molecule has 1 aliphatic heterocycles. The highest BCUT2D eigenvalue weighted by molar-refractivity contribution is 8.07. The molecule has 1 fully saturated rings. The summed E-state index contributed by atoms with van der Waals surface area (Å²) < 4.78 is 0. The van der Waals surface area contributed by atoms with Crippen molar-refractivity contribution in [3.63, 3.8) is 0 Å². The summed E-state index contributed by atoms with van der Waals surface area (Å²) in [7, 11) is 0. The molecule has 0 saturated carbocycles. The van der Waals surface area contributed by atoms with Gasteiger partial charge in [0.25, 0.3) is 0 Å². The summed E-state index contributed by atoms with van der Waals surface area (Å²) >= 11 is 1.49. The van der Waals surface area contributed by atoms with E-state index in [-0.39, 0.29) is 5.78 Å². The first kappa shape index (κ1) is 23.8. The molecule has 4 heteroatoms. The van der Waals surface area contributed by atoms with Crippen molar-refractivity contribution in [1.82, 2.24) is 4.90 Å². The van der Waals surface area contributed by atoms with Crippen molar-refractivity contribution in [1.29, 1.82) is 0 Å². The number of rotatable bonds is 8. The topological polar surface area (TPSA) is 40.5 Å². The molecule has 0 aliphatic carbocycles. The Morgan fingerprint density at radius 2 is 1.59 bits per heavy atom. The van der Waals surface area contributed by atoms with Crippen molar-refractivity contribution in [3.05, 3.63) is 46.4 Å². The number of hydrogen-bond donors (Lipinski definition) is 1. The smallest absolute Gasteiger partial charge is 0.166 e. The maximum Gasteiger partial charge on any atom is 0.166 e. The second kappa shape index (κ2) is 9.79. The van der Waals surface area contributed by atoms with Crippen LogP contribution in [0.25, 0.3) is 0 Å². The highest BCUT2D eigenvalue weighted by Crippen LogP contribution is 2.38. The van der Waals surface area contributed by atoms with Gasteiger partial charge in [-0.1, -0.05) is 64.8 Å². The van der Waals surface area contributed by atoms with Crippen molar-refractivity contribution in [2.75, 3.05) is 13.1 Å². The third-order valence-electron chi connectivity index (χ3n) is 5.29. The van der Waals surface area contributed by atoms with Crippen LogP contribution >= 0.6 is 11.8 Å². The Balaban J connectivity index is 2.99. The summed E-state index contributed by atoms with van der Waals surface area (Å²) in [6, 6.07) is 0. The molecule has 1 rings (SSSR count). The number of ketones is 1. The van der Waals surface area contributed by atoms with E-state index in [4.69, 9.17) is 0 Å². The SMILES string of the molecule is C=C(C)C(=C)C1(O)CCCN(C(=C)SC(C(C)=O)=C(C(C)C)C(C)C)CC1. The molecule has 1 N–H and O–H groups in total. The molecule has 0 amide bonds. The third kappa shape index (κ3) is 6.11. The summed E-state index contributed by atoms with van der Waals surface area (Å²) in [5.41, 5.74) is 1.86. The van der Waals surface area contributed by atoms with Gasteiger partial charge < -0.3 is 10.0 Å². The first-order chi connectivity index (χ1) is 12.4. The zero-order valence-electron chi connectivity index (χ0n) is 18.0. The van der Waals surface area contributed by atoms with Crippen molar-refractivity contribution in [3.8, 4) is 0 Å². The molecule has 27 heavy (non-hydrogen) atoms. The standard InChI is InChI=1S/C23H37NO2S/c1-15(2)18(7)23(26)11-10-13-24(14-12-23)20(9)27-22(19(8)25)21(16(3)4)17(5)6/h16-17,26H,1,7,9-14H2,2-6,8H3. The molecule has 0 aromatic carbocycles. The molecule has 1 atom stereocenters. The number of allylic oxidation sites excluding steroid dienone is 2. The minimum Gasteiger partial charge on any atom is -0.385 e. The minimum atomic E-state index is -0.897. The van der Waals surface area contributed by atoms with Crippen molar-refractivity contribution >= 4 is 17.5 Å². The Bertz CT molecular complexity index is 635. The monoisotopic (exact) mass is 391 g/mol. The second-order valence-corrected chi connectivity index (χ2v) is 9.36. The van der Waals surface area contributed by atoms with Crippen LogP contribution in [0.15, 0.2) is 46.4 Å². The molecule has 3 nitrogen and oxygen atoms in total. The van der Waals surface area contributed by atoms with Gasteiger partial charge in [0.05, 0.1) is 15.5 Å². The van der Waals surface area contributed by atoms with E-state index in [1.807, 2.05) is 6.92 Å². The van der Waals surface area contributed by atoms with E-state index < -0.39 is 5.60 Å². The molecule has 1 aliphatic rings. The van der Waals surface area contributed by atoms with E-state index in [0.29, 0.717) is 31.2 Å². The Kier molecular flexibility index (Phi) is 8.62. The largest absolute Gasteiger partial charge is 0.385 e. The zero-order valence-corrected chi connectivity index (χ0v) is 18.8. The predicted molar refractivity (Wildman–Crippen MR) is 118 cm³/mol. The van der Waals surface area contributed by atoms with E-state index in [0.717, 1.165) is 34.0 Å². The van der Waals surface area contributed by atoms with Gasteiger partial charge in [0, 0.05) is 13.1 Å². The third-order valence-corrected chi connectivity index (χ3v) is 6.51. The normalized spacial score (nSPS) is 20.4. The van der Waals surface area contributed by atoms with Crippen LogP contribution in [0.5, 0.6) is 0 Å². The maximum atomic E-state index is 12.3. The van der Waals surface area contributed by atoms with Crippen molar-refractivity contribution in [2.45, 2.75) is 66.4 Å². The summed E-state index contributed by atoms with van der Waals surface area (Å²) in [6.07, 6.45) is 2.12. The summed E-state index contributed by atoms with van der Waals surface area (Å²) in [5.74, 6) is 0.732. The van der Waals surface area contributed by atoms with Crippen LogP contribution in [0.1, 0.15) is 60.8 Å². The quantitative estimate of drug-likeness (QED) is 0.426. The van der Waals surface area contributed by atoms with E-state index in [9.17, 15) is 9.90 Å². The minimum absolute atomic E-state index is 0.0977. The number of nitrogens with zero attached hydrogens (tertiary/aromatic N) is 1. The average molecular weight is 392 g/mol. The van der Waals surface area contributed by atoms with Crippen LogP contribution in [0.4, 0.5) is 0 Å². The van der Waals surface area contributed by atoms with Crippen LogP contribution in [0, 0.1) is 11.8 Å². The fraction of sp³-hybridized carbons (Fsp3) is 0.609. The van der Waals surface area contributed by atoms with E-state index in [1.165, 1.54) is 17.3 Å². The van der Waals surface area contributed by atoms with E-state index in [2.05, 4.69) is 52.3 Å². The first-order valence-corrected chi connectivity index (χ1v) is 10.7. The highest BCUT2D eigenvalue weighted by atomic mass is 32.2. The number of aliphatic hydroxyl groups is 1. The van der Waals surface area contributed by atoms with Crippen LogP contribution < -0.4 is 0 Å². The van der Waals surface area contributed by atoms with E-state index in [1.54, 1.807) is 6.92 Å². The van der Waals surface area contributed by atoms with Crippen LogP contribution in [-0.2, 0) is 4.79 Å². The lowest BCUT2D eigenvalue weighted by Crippen LogP contribution is -2.32. The lowest BCUT2D eigenvalue weighted by Gasteiger charge is -2.30. The molecular weight excluding hydrogens is 354 g/mol. The molecule has 0 aromatic heterocycles. The number of hydrogen-bond acceptors (Lipinski definition) is 4. The molecule has 1 heterocycles. The Labute approximate surface area is 170 Å². The number of thioether (sulfide) groups is 1. The second-order valence-electron chi connectivity index (χ2n) is 8.28. The molecule has 1 unspecified atom stereocenters. The van der Waals surface area contributed by atoms with E-state index >= 15 is 0 Å². The lowest BCUT2D eigenvalue weighted by molar-refractivity contribution is -0.113. The molecule has 152 valence electrons. The Morgan fingerprint density at radius 1 is 1.04 bits per heavy atom. The van der Waals surface area contributed by atoms with Gasteiger partial charge in [-0.15, -0.1) is 0 Å². The summed E-state index contributed by atoms with van der Waals surface area (Å²) in [5, 5.41) is 11.9. The van der Waals surface area contributed by atoms with Crippen molar-refractivity contribution < 1.29 is 9.90 Å². The molecule has 0 aromatic rings. The average Bonchev–Trinajstić information content (AvgIpc) is 2.75. The van der Waals surface area contributed by atoms with Gasteiger partial charge in [-0.3, -0.25) is 4.79 Å². The zero-order chi connectivity index (χ0) is 20.9. The Hall–Kier alpha value is -1.26. The Morgan fingerprint density at radius 3 is 2.04 bits per heavy atom. The number of likely N-dealkylation sites (tertiary alicyclic amines) is 1. The summed E-state index contributed by atoms with van der Waals surface area (Å²) in [6.45, 7) is 25.8. The van der Waals surface area contributed by atoms with Gasteiger partial charge in [-0.25, -0.2) is 0 Å². The van der Waals surface area contributed by atoms with Crippen molar-refractivity contribution in [2.24, 2.45) is 11.8 Å². The number of carbonyl (C=O) groups excluding carboxylic acids is 1. The number of carbonyl (C=O) groups is 1. The van der Waals surface area contributed by atoms with Crippen LogP contribution in [-0.4, -0.2) is 34.5 Å². The molecular formula is C23H37NO2S. The summed E-state index contributed by atoms with van der Waals surface area (Å²) in [4.78, 5) is 15.4. The van der Waals surface area contributed by atoms with Gasteiger partial charge in [-0.05, 0) is 56.1 Å². The van der Waals surface area contributed by atoms with Crippen LogP contribution in [0.3, 0.4) is 0 Å². The van der Waals surface area contributed by atoms with Gasteiger partial charge in [-0.2, -0.15) is 0 Å². The molecule has 0 spiro atoms. The highest BCUT2D eigenvalue weighted by Gasteiger charge is 2.33. The maximum absolute atomic E-state index is 12.3. The predicted octanol–water partition coefficient (Wildman–Crippen LogP) is 5.70. The molecule has 1 saturated heterocycles. The molecule has 0 radical (unpaired) electrons. The van der Waals surface area contributed by atoms with Crippen LogP contribution in [0.2, 0.25) is 0 Å². The lowest BCUT2D eigenvalue weighted by atomic mass is 9.84. The van der Waals surface area contributed by atoms with Gasteiger partial charge in [0.1, 0.15) is 0 Å². The van der Waals surface area contributed by atoms with Gasteiger partial charge >= 0.3 is 0 Å². The van der Waals surface area contributed by atoms with Gasteiger partial charge in [0.2, 0.25) is 0 Å². The number of Topliss-reactive ketones (excluding diaryl/α,β-unsaturated/α-hetero) is 1.